The number of anilines is 1. The maximum atomic E-state index is 14.1. The van der Waals surface area contributed by atoms with E-state index in [1.54, 1.807) is 4.58 Å². The van der Waals surface area contributed by atoms with Gasteiger partial charge in [0.05, 0.1) is 17.3 Å². The van der Waals surface area contributed by atoms with Crippen molar-refractivity contribution in [2.45, 2.75) is 39.0 Å². The SMILES string of the molecule is C=[N+]1C=C(S(=O)(=O)Nc2ccc(C#N)cc2F)C2=C1CC(CCC)CC2. The maximum Gasteiger partial charge on any atom is 0.268 e. The van der Waals surface area contributed by atoms with Crippen LogP contribution in [0.5, 0.6) is 0 Å². The molecule has 5 nitrogen and oxygen atoms in total. The first-order valence-electron chi connectivity index (χ1n) is 8.62. The summed E-state index contributed by atoms with van der Waals surface area (Å²) >= 11 is 0. The van der Waals surface area contributed by atoms with Crippen LogP contribution in [0.3, 0.4) is 0 Å². The molecule has 1 N–H and O–H groups in total. The van der Waals surface area contributed by atoms with Gasteiger partial charge >= 0.3 is 0 Å². The number of allylic oxidation sites excluding steroid dienone is 2. The van der Waals surface area contributed by atoms with Crippen molar-refractivity contribution in [3.8, 4) is 6.07 Å². The van der Waals surface area contributed by atoms with E-state index in [1.165, 1.54) is 18.3 Å². The van der Waals surface area contributed by atoms with Crippen LogP contribution in [0.2, 0.25) is 0 Å². The van der Waals surface area contributed by atoms with E-state index in [2.05, 4.69) is 18.4 Å². The molecule has 136 valence electrons. The first-order chi connectivity index (χ1) is 12.4. The Bertz CT molecular complexity index is 971. The summed E-state index contributed by atoms with van der Waals surface area (Å²) in [5.74, 6) is -0.235. The molecule has 1 heterocycles. The van der Waals surface area contributed by atoms with Gasteiger partial charge in [-0.2, -0.15) is 9.84 Å². The van der Waals surface area contributed by atoms with Crippen LogP contribution in [-0.4, -0.2) is 19.7 Å². The van der Waals surface area contributed by atoms with E-state index in [0.717, 1.165) is 43.0 Å². The Hall–Kier alpha value is -2.46. The Labute approximate surface area is 153 Å². The minimum atomic E-state index is -3.94. The van der Waals surface area contributed by atoms with E-state index in [9.17, 15) is 12.8 Å². The Balaban J connectivity index is 1.88. The fraction of sp³-hybridized carbons (Fsp3) is 0.368. The normalized spacial score (nSPS) is 19.8. The van der Waals surface area contributed by atoms with Crippen LogP contribution in [0.15, 0.2) is 40.6 Å². The molecule has 1 aromatic carbocycles. The van der Waals surface area contributed by atoms with E-state index < -0.39 is 15.8 Å². The second kappa shape index (κ2) is 7.04. The average molecular weight is 374 g/mol. The number of nitrogens with one attached hydrogen (secondary N) is 1. The number of benzene rings is 1. The van der Waals surface area contributed by atoms with E-state index in [1.807, 2.05) is 6.07 Å². The summed E-state index contributed by atoms with van der Waals surface area (Å²) in [6.45, 7) is 6.07. The largest absolute Gasteiger partial charge is 0.276 e. The van der Waals surface area contributed by atoms with Gasteiger partial charge in [-0.25, -0.2) is 12.8 Å². The molecule has 3 rings (SSSR count). The number of nitrogens with zero attached hydrogens (tertiary/aromatic N) is 2. The fourth-order valence-corrected chi connectivity index (χ4v) is 4.97. The first kappa shape index (κ1) is 18.3. The van der Waals surface area contributed by atoms with Crippen molar-refractivity contribution < 1.29 is 17.4 Å². The minimum absolute atomic E-state index is 0.133. The molecule has 0 bridgehead atoms. The molecule has 0 spiro atoms. The molecule has 1 aliphatic heterocycles. The monoisotopic (exact) mass is 374 g/mol. The van der Waals surface area contributed by atoms with Crippen molar-refractivity contribution >= 4 is 22.4 Å². The lowest BCUT2D eigenvalue weighted by Gasteiger charge is -2.21. The van der Waals surface area contributed by atoms with Gasteiger partial charge in [-0.3, -0.25) is 4.72 Å². The summed E-state index contributed by atoms with van der Waals surface area (Å²) in [7, 11) is -3.94. The molecule has 0 fully saturated rings. The highest BCUT2D eigenvalue weighted by Crippen LogP contribution is 2.41. The Morgan fingerprint density at radius 2 is 2.23 bits per heavy atom. The lowest BCUT2D eigenvalue weighted by Crippen LogP contribution is -2.18. The molecule has 1 aromatic rings. The Morgan fingerprint density at radius 3 is 2.88 bits per heavy atom. The standard InChI is InChI=1S/C19H21FN3O2S/c1-3-4-13-5-7-15-18(10-13)23(2)12-19(15)26(24,25)22-17-8-6-14(11-21)9-16(17)20/h6,8-9,12-13,22H,2-5,7,10H2,1H3/q+1. The molecule has 2 aliphatic rings. The number of sulfonamides is 1. The lowest BCUT2D eigenvalue weighted by atomic mass is 9.85. The van der Waals surface area contributed by atoms with Gasteiger partial charge in [0, 0.05) is 12.0 Å². The van der Waals surface area contributed by atoms with Crippen LogP contribution in [0, 0.1) is 23.1 Å². The van der Waals surface area contributed by atoms with Gasteiger partial charge < -0.3 is 0 Å². The van der Waals surface area contributed by atoms with Gasteiger partial charge in [0.25, 0.3) is 10.0 Å². The van der Waals surface area contributed by atoms with Crippen molar-refractivity contribution in [3.63, 3.8) is 0 Å². The summed E-state index contributed by atoms with van der Waals surface area (Å²) in [6.07, 6.45) is 6.15. The molecular formula is C19H21FN3O2S+. The zero-order chi connectivity index (χ0) is 18.9. The van der Waals surface area contributed by atoms with Gasteiger partial charge in [0.2, 0.25) is 0 Å². The summed E-state index contributed by atoms with van der Waals surface area (Å²) in [4.78, 5) is 0.154. The molecule has 0 aromatic heterocycles. The maximum absolute atomic E-state index is 14.1. The highest BCUT2D eigenvalue weighted by molar-refractivity contribution is 7.96. The summed E-state index contributed by atoms with van der Waals surface area (Å²) < 4.78 is 43.6. The minimum Gasteiger partial charge on any atom is -0.276 e. The number of halogens is 1. The van der Waals surface area contributed by atoms with Crippen LogP contribution in [-0.2, 0) is 10.0 Å². The van der Waals surface area contributed by atoms with Crippen molar-refractivity contribution in [3.05, 3.63) is 52.0 Å². The van der Waals surface area contributed by atoms with Crippen LogP contribution in [0.25, 0.3) is 0 Å². The zero-order valence-corrected chi connectivity index (χ0v) is 15.4. The molecule has 1 aliphatic carbocycles. The molecule has 0 saturated heterocycles. The predicted octanol–water partition coefficient (Wildman–Crippen LogP) is 3.86. The molecule has 26 heavy (non-hydrogen) atoms. The Kier molecular flexibility index (Phi) is 4.97. The smallest absolute Gasteiger partial charge is 0.268 e. The first-order valence-corrected chi connectivity index (χ1v) is 10.1. The van der Waals surface area contributed by atoms with Crippen LogP contribution >= 0.6 is 0 Å². The number of hydrogen-bond donors (Lipinski definition) is 1. The number of hydrogen-bond acceptors (Lipinski definition) is 3. The van der Waals surface area contributed by atoms with Crippen molar-refractivity contribution in [2.75, 3.05) is 4.72 Å². The predicted molar refractivity (Wildman–Crippen MR) is 98.4 cm³/mol. The second-order valence-electron chi connectivity index (χ2n) is 6.70. The van der Waals surface area contributed by atoms with E-state index in [4.69, 9.17) is 5.26 Å². The molecule has 7 heteroatoms. The quantitative estimate of drug-likeness (QED) is 0.796. The van der Waals surface area contributed by atoms with Crippen molar-refractivity contribution in [2.24, 2.45) is 5.92 Å². The molecular weight excluding hydrogens is 353 g/mol. The van der Waals surface area contributed by atoms with Crippen LogP contribution < -0.4 is 4.72 Å². The average Bonchev–Trinajstić information content (AvgIpc) is 2.94. The third-order valence-corrected chi connectivity index (χ3v) is 6.30. The van der Waals surface area contributed by atoms with E-state index in [0.29, 0.717) is 12.3 Å². The third kappa shape index (κ3) is 3.42. The number of rotatable bonds is 5. The summed E-state index contributed by atoms with van der Waals surface area (Å²) in [5, 5.41) is 8.79. The number of nitriles is 1. The van der Waals surface area contributed by atoms with Crippen LogP contribution in [0.1, 0.15) is 44.6 Å². The molecule has 1 atom stereocenters. The van der Waals surface area contributed by atoms with Gasteiger partial charge in [0.15, 0.2) is 16.8 Å². The molecule has 1 unspecified atom stereocenters. The lowest BCUT2D eigenvalue weighted by molar-refractivity contribution is -0.392. The fourth-order valence-electron chi connectivity index (χ4n) is 3.60. The van der Waals surface area contributed by atoms with E-state index >= 15 is 0 Å². The van der Waals surface area contributed by atoms with Gasteiger partial charge in [-0.05, 0) is 37.0 Å². The van der Waals surface area contributed by atoms with Crippen molar-refractivity contribution in [1.29, 1.82) is 5.26 Å². The van der Waals surface area contributed by atoms with Crippen LogP contribution in [0.4, 0.5) is 10.1 Å². The molecule has 0 radical (unpaired) electrons. The molecule has 0 saturated carbocycles. The van der Waals surface area contributed by atoms with Gasteiger partial charge in [-0.15, -0.1) is 0 Å². The summed E-state index contributed by atoms with van der Waals surface area (Å²) in [6, 6.07) is 5.46. The second-order valence-corrected chi connectivity index (χ2v) is 8.35. The highest BCUT2D eigenvalue weighted by atomic mass is 32.2. The summed E-state index contributed by atoms with van der Waals surface area (Å²) in [5.41, 5.74) is 1.67. The van der Waals surface area contributed by atoms with Gasteiger partial charge in [0.1, 0.15) is 12.5 Å². The third-order valence-electron chi connectivity index (χ3n) is 4.88. The van der Waals surface area contributed by atoms with E-state index in [-0.39, 0.29) is 16.2 Å². The highest BCUT2D eigenvalue weighted by Gasteiger charge is 2.39. The topological polar surface area (TPSA) is 73.0 Å². The molecule has 0 amide bonds. The zero-order valence-electron chi connectivity index (χ0n) is 14.6. The Morgan fingerprint density at radius 1 is 1.46 bits per heavy atom. The van der Waals surface area contributed by atoms with Gasteiger partial charge in [-0.1, -0.05) is 19.8 Å². The van der Waals surface area contributed by atoms with Crippen molar-refractivity contribution in [1.82, 2.24) is 0 Å².